The summed E-state index contributed by atoms with van der Waals surface area (Å²) in [6.07, 6.45) is 2.22. The molecule has 0 saturated heterocycles. The summed E-state index contributed by atoms with van der Waals surface area (Å²) in [5, 5.41) is 13.5. The van der Waals surface area contributed by atoms with Crippen molar-refractivity contribution in [2.24, 2.45) is 11.8 Å². The van der Waals surface area contributed by atoms with Gasteiger partial charge in [0.05, 0.1) is 4.92 Å². The van der Waals surface area contributed by atoms with Crippen LogP contribution in [0.3, 0.4) is 0 Å². The third kappa shape index (κ3) is 4.31. The first kappa shape index (κ1) is 18.4. The molecule has 1 N–H and O–H groups in total. The second kappa shape index (κ2) is 7.74. The number of thiophene rings is 1. The number of nitrogens with one attached hydrogen (secondary N) is 1. The van der Waals surface area contributed by atoms with Crippen LogP contribution in [0.4, 0.5) is 5.00 Å². The molecule has 2 rings (SSSR count). The average Bonchev–Trinajstić information content (AvgIpc) is 3.02. The molecule has 1 amide bonds. The minimum atomic E-state index is -0.942. The van der Waals surface area contributed by atoms with E-state index in [1.165, 1.54) is 19.1 Å². The number of hydrogen-bond donors (Lipinski definition) is 1. The lowest BCUT2D eigenvalue weighted by atomic mass is 9.78. The van der Waals surface area contributed by atoms with Crippen LogP contribution in [-0.2, 0) is 9.53 Å². The Kier molecular flexibility index (Phi) is 5.93. The van der Waals surface area contributed by atoms with Crippen LogP contribution < -0.4 is 5.32 Å². The molecule has 24 heavy (non-hydrogen) atoms. The Morgan fingerprint density at radius 1 is 1.38 bits per heavy atom. The predicted octanol–water partition coefficient (Wildman–Crippen LogP) is 3.14. The zero-order chi connectivity index (χ0) is 17.9. The molecule has 1 aliphatic rings. The van der Waals surface area contributed by atoms with Gasteiger partial charge in [0, 0.05) is 12.1 Å². The maximum Gasteiger partial charge on any atom is 0.349 e. The third-order valence-electron chi connectivity index (χ3n) is 4.66. The quantitative estimate of drug-likeness (QED) is 0.497. The molecule has 1 saturated carbocycles. The van der Waals surface area contributed by atoms with Gasteiger partial charge < -0.3 is 10.1 Å². The number of carbonyl (C=O) groups excluding carboxylic acids is 2. The number of nitrogens with zero attached hydrogens (tertiary/aromatic N) is 1. The van der Waals surface area contributed by atoms with Gasteiger partial charge in [0.25, 0.3) is 5.91 Å². The molecule has 1 aromatic rings. The Bertz CT molecular complexity index is 630. The fourth-order valence-corrected chi connectivity index (χ4v) is 3.60. The van der Waals surface area contributed by atoms with Crippen LogP contribution in [0.2, 0.25) is 0 Å². The van der Waals surface area contributed by atoms with Crippen LogP contribution in [0.25, 0.3) is 0 Å². The summed E-state index contributed by atoms with van der Waals surface area (Å²) in [6, 6.07) is 2.67. The lowest BCUT2D eigenvalue weighted by Gasteiger charge is -2.35. The van der Waals surface area contributed by atoms with Gasteiger partial charge in [-0.2, -0.15) is 0 Å². The molecule has 1 aromatic heterocycles. The maximum atomic E-state index is 12.3. The molecule has 0 unspecified atom stereocenters. The number of hydrogen-bond acceptors (Lipinski definition) is 6. The van der Waals surface area contributed by atoms with E-state index < -0.39 is 17.0 Å². The SMILES string of the molecule is C[C@@H]1[C@H](C)CCC[C@@H]1NC(=O)[C@@H](C)OC(=O)c1ccc([N+](=O)[O-])s1. The highest BCUT2D eigenvalue weighted by molar-refractivity contribution is 7.17. The Morgan fingerprint density at radius 3 is 2.71 bits per heavy atom. The minimum Gasteiger partial charge on any atom is -0.448 e. The van der Waals surface area contributed by atoms with Crippen molar-refractivity contribution in [3.05, 3.63) is 27.1 Å². The van der Waals surface area contributed by atoms with Crippen molar-refractivity contribution in [2.75, 3.05) is 0 Å². The highest BCUT2D eigenvalue weighted by Crippen LogP contribution is 2.29. The largest absolute Gasteiger partial charge is 0.448 e. The molecule has 1 aliphatic carbocycles. The fraction of sp³-hybridized carbons (Fsp3) is 0.625. The number of ether oxygens (including phenoxy) is 1. The zero-order valence-electron chi connectivity index (χ0n) is 14.0. The molecule has 0 radical (unpaired) electrons. The summed E-state index contributed by atoms with van der Waals surface area (Å²) in [6.45, 7) is 5.80. The minimum absolute atomic E-state index is 0.0882. The van der Waals surface area contributed by atoms with Gasteiger partial charge in [-0.1, -0.05) is 38.0 Å². The van der Waals surface area contributed by atoms with Gasteiger partial charge in [0.15, 0.2) is 6.10 Å². The molecular weight excluding hydrogens is 332 g/mol. The average molecular weight is 354 g/mol. The molecule has 0 aromatic carbocycles. The molecule has 1 heterocycles. The topological polar surface area (TPSA) is 98.5 Å². The van der Waals surface area contributed by atoms with E-state index in [2.05, 4.69) is 19.2 Å². The molecule has 0 bridgehead atoms. The number of carbonyl (C=O) groups is 2. The van der Waals surface area contributed by atoms with E-state index in [-0.39, 0.29) is 21.8 Å². The molecule has 4 atom stereocenters. The van der Waals surface area contributed by atoms with Gasteiger partial charge in [0.2, 0.25) is 0 Å². The highest BCUT2D eigenvalue weighted by Gasteiger charge is 2.30. The highest BCUT2D eigenvalue weighted by atomic mass is 32.1. The zero-order valence-corrected chi connectivity index (χ0v) is 14.8. The van der Waals surface area contributed by atoms with E-state index in [1.54, 1.807) is 0 Å². The smallest absolute Gasteiger partial charge is 0.349 e. The van der Waals surface area contributed by atoms with Crippen LogP contribution in [-0.4, -0.2) is 28.9 Å². The fourth-order valence-electron chi connectivity index (χ4n) is 2.89. The summed E-state index contributed by atoms with van der Waals surface area (Å²) in [7, 11) is 0. The van der Waals surface area contributed by atoms with Crippen LogP contribution in [0.15, 0.2) is 12.1 Å². The van der Waals surface area contributed by atoms with E-state index in [1.807, 2.05) is 0 Å². The summed E-state index contributed by atoms with van der Waals surface area (Å²) >= 11 is 0.734. The molecule has 7 nitrogen and oxygen atoms in total. The van der Waals surface area contributed by atoms with E-state index in [0.29, 0.717) is 11.8 Å². The molecule has 0 spiro atoms. The normalized spacial score (nSPS) is 24.9. The first-order valence-corrected chi connectivity index (χ1v) is 8.86. The lowest BCUT2D eigenvalue weighted by molar-refractivity contribution is -0.380. The van der Waals surface area contributed by atoms with Gasteiger partial charge >= 0.3 is 11.0 Å². The van der Waals surface area contributed by atoms with E-state index in [4.69, 9.17) is 4.74 Å². The Morgan fingerprint density at radius 2 is 2.08 bits per heavy atom. The Balaban J connectivity index is 1.90. The first-order chi connectivity index (χ1) is 11.3. The van der Waals surface area contributed by atoms with Crippen LogP contribution in [0, 0.1) is 22.0 Å². The van der Waals surface area contributed by atoms with Crippen molar-refractivity contribution >= 4 is 28.2 Å². The van der Waals surface area contributed by atoms with Crippen molar-refractivity contribution in [1.29, 1.82) is 0 Å². The summed E-state index contributed by atoms with van der Waals surface area (Å²) in [5.41, 5.74) is 0. The number of esters is 1. The van der Waals surface area contributed by atoms with E-state index in [0.717, 1.165) is 30.6 Å². The first-order valence-electron chi connectivity index (χ1n) is 8.05. The van der Waals surface area contributed by atoms with Crippen LogP contribution in [0.1, 0.15) is 49.7 Å². The van der Waals surface area contributed by atoms with Gasteiger partial charge in [-0.15, -0.1) is 0 Å². The summed E-state index contributed by atoms with van der Waals surface area (Å²) < 4.78 is 5.13. The van der Waals surface area contributed by atoms with Crippen LogP contribution in [0.5, 0.6) is 0 Å². The molecule has 1 fully saturated rings. The van der Waals surface area contributed by atoms with Crippen molar-refractivity contribution in [3.8, 4) is 0 Å². The number of rotatable bonds is 5. The second-order valence-electron chi connectivity index (χ2n) is 6.32. The summed E-state index contributed by atoms with van der Waals surface area (Å²) in [5.74, 6) is -0.125. The molecule has 132 valence electrons. The Hall–Kier alpha value is -1.96. The second-order valence-corrected chi connectivity index (χ2v) is 7.39. The van der Waals surface area contributed by atoms with Gasteiger partial charge in [0.1, 0.15) is 4.88 Å². The monoisotopic (exact) mass is 354 g/mol. The molecule has 0 aliphatic heterocycles. The third-order valence-corrected chi connectivity index (χ3v) is 5.68. The van der Waals surface area contributed by atoms with Crippen LogP contribution >= 0.6 is 11.3 Å². The van der Waals surface area contributed by atoms with Gasteiger partial charge in [-0.05, 0) is 31.2 Å². The van der Waals surface area contributed by atoms with E-state index in [9.17, 15) is 19.7 Å². The lowest BCUT2D eigenvalue weighted by Crippen LogP contribution is -2.47. The standard InChI is InChI=1S/C16H22N2O5S/c1-9-5-4-6-12(10(9)2)17-15(19)11(3)23-16(20)13-7-8-14(24-13)18(21)22/h7-12H,4-6H2,1-3H3,(H,17,19)/t9-,10-,11-,12+/m1/s1. The Labute approximate surface area is 144 Å². The molecule has 8 heteroatoms. The van der Waals surface area contributed by atoms with E-state index >= 15 is 0 Å². The van der Waals surface area contributed by atoms with Gasteiger partial charge in [-0.25, -0.2) is 4.79 Å². The van der Waals surface area contributed by atoms with Crippen molar-refractivity contribution in [3.63, 3.8) is 0 Å². The summed E-state index contributed by atoms with van der Waals surface area (Å²) in [4.78, 5) is 34.4. The predicted molar refractivity (Wildman–Crippen MR) is 90.0 cm³/mol. The number of amides is 1. The van der Waals surface area contributed by atoms with Crippen molar-refractivity contribution < 1.29 is 19.2 Å². The maximum absolute atomic E-state index is 12.3. The van der Waals surface area contributed by atoms with Crippen molar-refractivity contribution in [1.82, 2.24) is 5.32 Å². The molecular formula is C16H22N2O5S. The van der Waals surface area contributed by atoms with Gasteiger partial charge in [-0.3, -0.25) is 14.9 Å². The van der Waals surface area contributed by atoms with Crippen molar-refractivity contribution in [2.45, 2.75) is 52.2 Å². The number of nitro groups is 1.